The zero-order chi connectivity index (χ0) is 13.0. The molecule has 2 rings (SSSR count). The molecule has 1 aromatic carbocycles. The SMILES string of the molecule is CCCC1CCC(Cl)C(Cc2ccc(F)cc2)C1. The smallest absolute Gasteiger partial charge is 0.123 e. The molecule has 3 unspecified atom stereocenters. The van der Waals surface area contributed by atoms with E-state index in [0.717, 1.165) is 18.8 Å². The third kappa shape index (κ3) is 3.71. The van der Waals surface area contributed by atoms with Crippen molar-refractivity contribution in [3.8, 4) is 0 Å². The maximum atomic E-state index is 12.9. The van der Waals surface area contributed by atoms with Gasteiger partial charge in [-0.3, -0.25) is 0 Å². The summed E-state index contributed by atoms with van der Waals surface area (Å²) in [6.45, 7) is 2.25. The van der Waals surface area contributed by atoms with Crippen LogP contribution in [0.25, 0.3) is 0 Å². The number of alkyl halides is 1. The molecular weight excluding hydrogens is 247 g/mol. The van der Waals surface area contributed by atoms with Crippen LogP contribution in [0.3, 0.4) is 0 Å². The average Bonchev–Trinajstić information content (AvgIpc) is 2.36. The predicted molar refractivity (Wildman–Crippen MR) is 75.5 cm³/mol. The lowest BCUT2D eigenvalue weighted by atomic mass is 9.76. The third-order valence-corrected chi connectivity index (χ3v) is 4.68. The first-order chi connectivity index (χ1) is 8.69. The summed E-state index contributed by atoms with van der Waals surface area (Å²) < 4.78 is 12.9. The molecule has 100 valence electrons. The van der Waals surface area contributed by atoms with Gasteiger partial charge < -0.3 is 0 Å². The van der Waals surface area contributed by atoms with Crippen molar-refractivity contribution in [3.63, 3.8) is 0 Å². The third-order valence-electron chi connectivity index (χ3n) is 4.11. The van der Waals surface area contributed by atoms with Gasteiger partial charge in [0.15, 0.2) is 0 Å². The molecule has 0 N–H and O–H groups in total. The van der Waals surface area contributed by atoms with Crippen LogP contribution in [0, 0.1) is 17.7 Å². The molecule has 0 nitrogen and oxygen atoms in total. The minimum absolute atomic E-state index is 0.159. The van der Waals surface area contributed by atoms with Crippen molar-refractivity contribution in [2.24, 2.45) is 11.8 Å². The van der Waals surface area contributed by atoms with Crippen LogP contribution in [0.15, 0.2) is 24.3 Å². The Morgan fingerprint density at radius 2 is 1.94 bits per heavy atom. The monoisotopic (exact) mass is 268 g/mol. The van der Waals surface area contributed by atoms with Crippen molar-refractivity contribution in [3.05, 3.63) is 35.6 Å². The lowest BCUT2D eigenvalue weighted by Gasteiger charge is -2.33. The second kappa shape index (κ2) is 6.56. The van der Waals surface area contributed by atoms with E-state index in [4.69, 9.17) is 11.6 Å². The summed E-state index contributed by atoms with van der Waals surface area (Å²) >= 11 is 6.46. The Balaban J connectivity index is 1.95. The van der Waals surface area contributed by atoms with E-state index in [1.165, 1.54) is 31.2 Å². The van der Waals surface area contributed by atoms with Gasteiger partial charge >= 0.3 is 0 Å². The summed E-state index contributed by atoms with van der Waals surface area (Å²) in [5, 5.41) is 0.295. The zero-order valence-electron chi connectivity index (χ0n) is 11.0. The van der Waals surface area contributed by atoms with E-state index in [0.29, 0.717) is 11.3 Å². The van der Waals surface area contributed by atoms with Crippen molar-refractivity contribution in [1.82, 2.24) is 0 Å². The van der Waals surface area contributed by atoms with Gasteiger partial charge in [-0.25, -0.2) is 4.39 Å². The molecule has 1 aromatic rings. The molecule has 0 saturated heterocycles. The quantitative estimate of drug-likeness (QED) is 0.659. The molecule has 2 heteroatoms. The van der Waals surface area contributed by atoms with E-state index in [9.17, 15) is 4.39 Å². The molecule has 1 aliphatic carbocycles. The first kappa shape index (κ1) is 13.9. The highest BCUT2D eigenvalue weighted by atomic mass is 35.5. The largest absolute Gasteiger partial charge is 0.207 e. The van der Waals surface area contributed by atoms with Gasteiger partial charge in [0, 0.05) is 5.38 Å². The lowest BCUT2D eigenvalue weighted by molar-refractivity contribution is 0.257. The van der Waals surface area contributed by atoms with E-state index < -0.39 is 0 Å². The molecule has 1 aliphatic rings. The van der Waals surface area contributed by atoms with Crippen molar-refractivity contribution in [2.45, 2.75) is 50.8 Å². The van der Waals surface area contributed by atoms with E-state index in [1.54, 1.807) is 12.1 Å². The van der Waals surface area contributed by atoms with E-state index >= 15 is 0 Å². The van der Waals surface area contributed by atoms with Gasteiger partial charge in [-0.1, -0.05) is 31.9 Å². The van der Waals surface area contributed by atoms with Gasteiger partial charge in [0.2, 0.25) is 0 Å². The fourth-order valence-electron chi connectivity index (χ4n) is 3.13. The van der Waals surface area contributed by atoms with Gasteiger partial charge in [0.05, 0.1) is 0 Å². The van der Waals surface area contributed by atoms with Gasteiger partial charge in [-0.15, -0.1) is 11.6 Å². The van der Waals surface area contributed by atoms with Crippen molar-refractivity contribution in [2.75, 3.05) is 0 Å². The standard InChI is InChI=1S/C16H22ClF/c1-2-3-12-6-9-16(17)14(10-12)11-13-4-7-15(18)8-5-13/h4-5,7-8,12,14,16H,2-3,6,9-11H2,1H3. The number of benzene rings is 1. The number of hydrogen-bond donors (Lipinski definition) is 0. The molecule has 0 aliphatic heterocycles. The average molecular weight is 269 g/mol. The number of hydrogen-bond acceptors (Lipinski definition) is 0. The maximum Gasteiger partial charge on any atom is 0.123 e. The summed E-state index contributed by atoms with van der Waals surface area (Å²) in [5.41, 5.74) is 1.21. The molecule has 0 radical (unpaired) electrons. The summed E-state index contributed by atoms with van der Waals surface area (Å²) in [4.78, 5) is 0. The normalized spacial score (nSPS) is 28.3. The van der Waals surface area contributed by atoms with Crippen LogP contribution in [0.2, 0.25) is 0 Å². The number of rotatable bonds is 4. The Morgan fingerprint density at radius 1 is 1.22 bits per heavy atom. The van der Waals surface area contributed by atoms with Crippen molar-refractivity contribution >= 4 is 11.6 Å². The minimum Gasteiger partial charge on any atom is -0.207 e. The van der Waals surface area contributed by atoms with Gasteiger partial charge in [0.25, 0.3) is 0 Å². The maximum absolute atomic E-state index is 12.9. The molecule has 18 heavy (non-hydrogen) atoms. The summed E-state index contributed by atoms with van der Waals surface area (Å²) in [5.74, 6) is 1.24. The fraction of sp³-hybridized carbons (Fsp3) is 0.625. The van der Waals surface area contributed by atoms with Crippen LogP contribution in [0.4, 0.5) is 4.39 Å². The highest BCUT2D eigenvalue weighted by Gasteiger charge is 2.28. The summed E-state index contributed by atoms with van der Waals surface area (Å²) in [6, 6.07) is 6.88. The molecule has 3 atom stereocenters. The number of halogens is 2. The minimum atomic E-state index is -0.159. The van der Waals surface area contributed by atoms with E-state index in [2.05, 4.69) is 6.92 Å². The highest BCUT2D eigenvalue weighted by molar-refractivity contribution is 6.20. The Labute approximate surface area is 115 Å². The molecular formula is C16H22ClF. The molecule has 0 bridgehead atoms. The summed E-state index contributed by atoms with van der Waals surface area (Å²) in [7, 11) is 0. The predicted octanol–water partition coefficient (Wildman–Crippen LogP) is 5.19. The first-order valence-corrected chi connectivity index (χ1v) is 7.51. The molecule has 0 heterocycles. The van der Waals surface area contributed by atoms with Crippen LogP contribution in [-0.4, -0.2) is 5.38 Å². The van der Waals surface area contributed by atoms with Crippen molar-refractivity contribution < 1.29 is 4.39 Å². The van der Waals surface area contributed by atoms with Crippen LogP contribution < -0.4 is 0 Å². The molecule has 1 saturated carbocycles. The Hall–Kier alpha value is -0.560. The van der Waals surface area contributed by atoms with E-state index in [1.807, 2.05) is 12.1 Å². The second-order valence-corrected chi connectivity index (χ2v) is 6.13. The van der Waals surface area contributed by atoms with Crippen LogP contribution in [0.5, 0.6) is 0 Å². The van der Waals surface area contributed by atoms with Crippen LogP contribution >= 0.6 is 11.6 Å². The van der Waals surface area contributed by atoms with Crippen LogP contribution in [-0.2, 0) is 6.42 Å². The lowest BCUT2D eigenvalue weighted by Crippen LogP contribution is -2.27. The Kier molecular flexibility index (Phi) is 5.05. The fourth-order valence-corrected chi connectivity index (χ4v) is 3.45. The molecule has 0 aromatic heterocycles. The molecule has 0 spiro atoms. The van der Waals surface area contributed by atoms with Gasteiger partial charge in [-0.05, 0) is 55.2 Å². The van der Waals surface area contributed by atoms with Crippen molar-refractivity contribution in [1.29, 1.82) is 0 Å². The molecule has 0 amide bonds. The zero-order valence-corrected chi connectivity index (χ0v) is 11.8. The first-order valence-electron chi connectivity index (χ1n) is 7.07. The van der Waals surface area contributed by atoms with Gasteiger partial charge in [0.1, 0.15) is 5.82 Å². The Morgan fingerprint density at radius 3 is 2.61 bits per heavy atom. The highest BCUT2D eigenvalue weighted by Crippen LogP contribution is 2.36. The second-order valence-electron chi connectivity index (χ2n) is 5.57. The van der Waals surface area contributed by atoms with E-state index in [-0.39, 0.29) is 5.82 Å². The molecule has 1 fully saturated rings. The Bertz CT molecular complexity index is 360. The summed E-state index contributed by atoms with van der Waals surface area (Å²) in [6.07, 6.45) is 7.23. The van der Waals surface area contributed by atoms with Gasteiger partial charge in [-0.2, -0.15) is 0 Å². The topological polar surface area (TPSA) is 0 Å². The van der Waals surface area contributed by atoms with Crippen LogP contribution in [0.1, 0.15) is 44.6 Å².